The van der Waals surface area contributed by atoms with E-state index < -0.39 is 0 Å². The van der Waals surface area contributed by atoms with Gasteiger partial charge in [-0.05, 0) is 30.5 Å². The zero-order chi connectivity index (χ0) is 21.2. The highest BCUT2D eigenvalue weighted by atomic mass is 32.2. The first-order chi connectivity index (χ1) is 15.2. The molecule has 10 heteroatoms. The van der Waals surface area contributed by atoms with Crippen molar-refractivity contribution in [3.05, 3.63) is 53.9 Å². The van der Waals surface area contributed by atoms with Gasteiger partial charge < -0.3 is 9.80 Å². The third-order valence-corrected chi connectivity index (χ3v) is 7.07. The smallest absolute Gasteiger partial charge is 0.233 e. The molecule has 1 saturated heterocycles. The Labute approximate surface area is 187 Å². The molecule has 0 saturated carbocycles. The second-order valence-electron chi connectivity index (χ2n) is 7.31. The Morgan fingerprint density at radius 3 is 2.71 bits per heavy atom. The van der Waals surface area contributed by atoms with Crippen molar-refractivity contribution in [3.63, 3.8) is 0 Å². The van der Waals surface area contributed by atoms with Crippen molar-refractivity contribution in [3.8, 4) is 5.69 Å². The Morgan fingerprint density at radius 2 is 1.90 bits per heavy atom. The summed E-state index contributed by atoms with van der Waals surface area (Å²) in [4.78, 5) is 26.8. The fourth-order valence-electron chi connectivity index (χ4n) is 3.62. The van der Waals surface area contributed by atoms with E-state index in [0.29, 0.717) is 18.8 Å². The summed E-state index contributed by atoms with van der Waals surface area (Å²) in [6.45, 7) is 4.94. The van der Waals surface area contributed by atoms with Gasteiger partial charge in [0.25, 0.3) is 0 Å². The molecule has 4 heterocycles. The van der Waals surface area contributed by atoms with Crippen molar-refractivity contribution in [1.29, 1.82) is 0 Å². The van der Waals surface area contributed by atoms with Gasteiger partial charge in [0.15, 0.2) is 5.16 Å². The van der Waals surface area contributed by atoms with Crippen molar-refractivity contribution in [2.24, 2.45) is 0 Å². The Bertz CT molecular complexity index is 1200. The maximum absolute atomic E-state index is 12.8. The third-order valence-electron chi connectivity index (χ3n) is 5.33. The van der Waals surface area contributed by atoms with Gasteiger partial charge in [-0.3, -0.25) is 9.36 Å². The number of hydrogen-bond acceptors (Lipinski definition) is 8. The van der Waals surface area contributed by atoms with Crippen LogP contribution in [-0.4, -0.2) is 67.5 Å². The number of hydrogen-bond donors (Lipinski definition) is 0. The van der Waals surface area contributed by atoms with E-state index in [-0.39, 0.29) is 5.91 Å². The number of fused-ring (bicyclic) bond motifs is 1. The van der Waals surface area contributed by atoms with Crippen molar-refractivity contribution in [2.45, 2.75) is 12.1 Å². The number of anilines is 1. The molecular weight excluding hydrogens is 430 g/mol. The molecule has 1 amide bonds. The summed E-state index contributed by atoms with van der Waals surface area (Å²) in [6, 6.07) is 10.2. The number of carbonyl (C=O) groups excluding carboxylic acids is 1. The van der Waals surface area contributed by atoms with Gasteiger partial charge in [0.05, 0.1) is 11.1 Å². The molecule has 0 N–H and O–H groups in total. The summed E-state index contributed by atoms with van der Waals surface area (Å²) in [5.41, 5.74) is 2.19. The minimum atomic E-state index is 0.117. The van der Waals surface area contributed by atoms with Crippen LogP contribution < -0.4 is 4.90 Å². The van der Waals surface area contributed by atoms with Gasteiger partial charge in [-0.15, -0.1) is 21.5 Å². The van der Waals surface area contributed by atoms with E-state index in [4.69, 9.17) is 0 Å². The average Bonchev–Trinajstić information content (AvgIpc) is 3.47. The monoisotopic (exact) mass is 451 g/mol. The number of nitrogens with zero attached hydrogens (tertiary/aromatic N) is 7. The SMILES string of the molecule is Cc1ccc(-n2cnnc2SCC(=O)N2CCN(c3ncnc4sccc34)CC2)cc1. The molecule has 0 aliphatic carbocycles. The van der Waals surface area contributed by atoms with E-state index in [0.717, 1.165) is 40.0 Å². The first kappa shape index (κ1) is 20.0. The maximum Gasteiger partial charge on any atom is 0.233 e. The van der Waals surface area contributed by atoms with Crippen LogP contribution in [-0.2, 0) is 4.79 Å². The lowest BCUT2D eigenvalue weighted by atomic mass is 10.2. The molecule has 0 bridgehead atoms. The van der Waals surface area contributed by atoms with Crippen LogP contribution in [0.3, 0.4) is 0 Å². The fraction of sp³-hybridized carbons (Fsp3) is 0.286. The lowest BCUT2D eigenvalue weighted by Gasteiger charge is -2.35. The molecule has 8 nitrogen and oxygen atoms in total. The van der Waals surface area contributed by atoms with Gasteiger partial charge in [-0.1, -0.05) is 29.5 Å². The number of rotatable bonds is 5. The van der Waals surface area contributed by atoms with Crippen molar-refractivity contribution in [2.75, 3.05) is 36.8 Å². The molecule has 158 valence electrons. The molecular formula is C21H21N7OS2. The summed E-state index contributed by atoms with van der Waals surface area (Å²) >= 11 is 3.04. The standard InChI is InChI=1S/C21H21N7OS2/c1-15-2-4-16(5-3-15)28-14-24-25-21(28)31-12-18(29)26-7-9-27(10-8-26)19-17-6-11-30-20(17)23-13-22-19/h2-6,11,13-14H,7-10,12H2,1H3. The number of aryl methyl sites for hydroxylation is 1. The second kappa shape index (κ2) is 8.64. The van der Waals surface area contributed by atoms with Crippen LogP contribution in [0.2, 0.25) is 0 Å². The quantitative estimate of drug-likeness (QED) is 0.432. The maximum atomic E-state index is 12.8. The number of thiophene rings is 1. The van der Waals surface area contributed by atoms with Gasteiger partial charge in [-0.2, -0.15) is 0 Å². The fourth-order valence-corrected chi connectivity index (χ4v) is 5.18. The summed E-state index contributed by atoms with van der Waals surface area (Å²) < 4.78 is 1.91. The molecule has 3 aromatic heterocycles. The minimum Gasteiger partial charge on any atom is -0.352 e. The number of piperazine rings is 1. The van der Waals surface area contributed by atoms with Gasteiger partial charge in [-0.25, -0.2) is 9.97 Å². The van der Waals surface area contributed by atoms with Crippen LogP contribution in [0.1, 0.15) is 5.56 Å². The Morgan fingerprint density at radius 1 is 1.10 bits per heavy atom. The van der Waals surface area contributed by atoms with Crippen LogP contribution in [0.15, 0.2) is 53.5 Å². The number of benzene rings is 1. The molecule has 0 atom stereocenters. The highest BCUT2D eigenvalue weighted by molar-refractivity contribution is 7.99. The van der Waals surface area contributed by atoms with E-state index in [1.807, 2.05) is 27.0 Å². The molecule has 1 aliphatic heterocycles. The van der Waals surface area contributed by atoms with E-state index in [1.54, 1.807) is 24.0 Å². The predicted molar refractivity (Wildman–Crippen MR) is 123 cm³/mol. The zero-order valence-corrected chi connectivity index (χ0v) is 18.6. The van der Waals surface area contributed by atoms with Gasteiger partial charge >= 0.3 is 0 Å². The topological polar surface area (TPSA) is 80.0 Å². The predicted octanol–water partition coefficient (Wildman–Crippen LogP) is 3.02. The van der Waals surface area contributed by atoms with E-state index >= 15 is 0 Å². The lowest BCUT2D eigenvalue weighted by Crippen LogP contribution is -2.49. The van der Waals surface area contributed by atoms with Gasteiger partial charge in [0.1, 0.15) is 23.3 Å². The third kappa shape index (κ3) is 4.13. The summed E-state index contributed by atoms with van der Waals surface area (Å²) in [6.07, 6.45) is 3.30. The molecule has 0 spiro atoms. The van der Waals surface area contributed by atoms with Crippen LogP contribution in [0, 0.1) is 6.92 Å². The van der Waals surface area contributed by atoms with Crippen molar-refractivity contribution >= 4 is 45.0 Å². The van der Waals surface area contributed by atoms with Gasteiger partial charge in [0.2, 0.25) is 5.91 Å². The number of aromatic nitrogens is 5. The highest BCUT2D eigenvalue weighted by Crippen LogP contribution is 2.27. The average molecular weight is 452 g/mol. The van der Waals surface area contributed by atoms with Crippen LogP contribution in [0.5, 0.6) is 0 Å². The number of carbonyl (C=O) groups is 1. The Hall–Kier alpha value is -2.98. The van der Waals surface area contributed by atoms with Crippen molar-refractivity contribution in [1.82, 2.24) is 29.6 Å². The molecule has 1 aliphatic rings. The summed E-state index contributed by atoms with van der Waals surface area (Å²) in [5.74, 6) is 1.41. The van der Waals surface area contributed by atoms with Crippen molar-refractivity contribution < 1.29 is 4.79 Å². The number of thioether (sulfide) groups is 1. The lowest BCUT2D eigenvalue weighted by molar-refractivity contribution is -0.128. The molecule has 4 aromatic rings. The Kier molecular flexibility index (Phi) is 5.56. The van der Waals surface area contributed by atoms with E-state index in [2.05, 4.69) is 50.2 Å². The van der Waals surface area contributed by atoms with Crippen LogP contribution in [0.4, 0.5) is 5.82 Å². The summed E-state index contributed by atoms with van der Waals surface area (Å²) in [7, 11) is 0. The molecule has 5 rings (SSSR count). The number of amides is 1. The van der Waals surface area contributed by atoms with E-state index in [9.17, 15) is 4.79 Å². The van der Waals surface area contributed by atoms with Crippen LogP contribution in [0.25, 0.3) is 15.9 Å². The molecule has 1 aromatic carbocycles. The normalized spacial score (nSPS) is 14.4. The largest absolute Gasteiger partial charge is 0.352 e. The van der Waals surface area contributed by atoms with Crippen LogP contribution >= 0.6 is 23.1 Å². The van der Waals surface area contributed by atoms with E-state index in [1.165, 1.54) is 17.3 Å². The Balaban J connectivity index is 1.19. The molecule has 0 radical (unpaired) electrons. The molecule has 1 fully saturated rings. The second-order valence-corrected chi connectivity index (χ2v) is 9.15. The molecule has 31 heavy (non-hydrogen) atoms. The first-order valence-corrected chi connectivity index (χ1v) is 11.9. The minimum absolute atomic E-state index is 0.117. The molecule has 0 unspecified atom stereocenters. The zero-order valence-electron chi connectivity index (χ0n) is 17.0. The first-order valence-electron chi connectivity index (χ1n) is 10.00. The highest BCUT2D eigenvalue weighted by Gasteiger charge is 2.24. The summed E-state index contributed by atoms with van der Waals surface area (Å²) in [5, 5.41) is 12.1. The van der Waals surface area contributed by atoms with Gasteiger partial charge in [0, 0.05) is 31.9 Å².